The summed E-state index contributed by atoms with van der Waals surface area (Å²) in [6.45, 7) is 0.277. The van der Waals surface area contributed by atoms with Crippen LogP contribution in [-0.4, -0.2) is 50.3 Å². The molecule has 1 atom stereocenters. The van der Waals surface area contributed by atoms with Crippen LogP contribution in [0.2, 0.25) is 0 Å². The van der Waals surface area contributed by atoms with E-state index in [-0.39, 0.29) is 24.6 Å². The summed E-state index contributed by atoms with van der Waals surface area (Å²) in [5.74, 6) is -0.223. The quantitative estimate of drug-likeness (QED) is 0.766. The summed E-state index contributed by atoms with van der Waals surface area (Å²) in [6.07, 6.45) is 1.15. The number of hydrogen-bond acceptors (Lipinski definition) is 5. The average Bonchev–Trinajstić information content (AvgIpc) is 2.98. The van der Waals surface area contributed by atoms with Crippen molar-refractivity contribution in [3.8, 4) is 5.75 Å². The van der Waals surface area contributed by atoms with E-state index in [2.05, 4.69) is 5.32 Å². The van der Waals surface area contributed by atoms with E-state index in [1.807, 2.05) is 12.1 Å². The summed E-state index contributed by atoms with van der Waals surface area (Å²) in [5, 5.41) is 2.77. The van der Waals surface area contributed by atoms with Gasteiger partial charge in [-0.05, 0) is 42.3 Å². The zero-order valence-electron chi connectivity index (χ0n) is 15.7. The lowest BCUT2D eigenvalue weighted by atomic mass is 10.1. The Morgan fingerprint density at radius 2 is 1.86 bits per heavy atom. The SMILES string of the molecule is COc1ccc(NC(=O)[C@@H](CCS(C)(=O)=O)N2Cc3ccccc3C2=O)cc1. The van der Waals surface area contributed by atoms with Crippen molar-refractivity contribution in [2.45, 2.75) is 19.0 Å². The highest BCUT2D eigenvalue weighted by Gasteiger charge is 2.36. The molecule has 0 unspecified atom stereocenters. The molecule has 7 nitrogen and oxygen atoms in total. The molecule has 0 aliphatic carbocycles. The van der Waals surface area contributed by atoms with Gasteiger partial charge in [0.1, 0.15) is 21.6 Å². The third-order valence-corrected chi connectivity index (χ3v) is 5.63. The van der Waals surface area contributed by atoms with Crippen molar-refractivity contribution in [2.75, 3.05) is 24.4 Å². The average molecular weight is 402 g/mol. The lowest BCUT2D eigenvalue weighted by Crippen LogP contribution is -2.45. The highest BCUT2D eigenvalue weighted by Crippen LogP contribution is 2.26. The maximum absolute atomic E-state index is 12.9. The Morgan fingerprint density at radius 3 is 2.46 bits per heavy atom. The van der Waals surface area contributed by atoms with Crippen LogP contribution in [0.5, 0.6) is 5.75 Å². The molecule has 0 spiro atoms. The monoisotopic (exact) mass is 402 g/mol. The Labute approximate surface area is 164 Å². The van der Waals surface area contributed by atoms with E-state index in [0.29, 0.717) is 17.0 Å². The second-order valence-corrected chi connectivity index (χ2v) is 9.00. The molecule has 1 aliphatic rings. The topological polar surface area (TPSA) is 92.8 Å². The summed E-state index contributed by atoms with van der Waals surface area (Å²) >= 11 is 0. The van der Waals surface area contributed by atoms with Crippen LogP contribution in [0.25, 0.3) is 0 Å². The summed E-state index contributed by atoms with van der Waals surface area (Å²) in [7, 11) is -1.74. The molecule has 0 bridgehead atoms. The number of anilines is 1. The van der Waals surface area contributed by atoms with Crippen molar-refractivity contribution < 1.29 is 22.7 Å². The van der Waals surface area contributed by atoms with Crippen LogP contribution in [0, 0.1) is 0 Å². The Hall–Kier alpha value is -2.87. The fourth-order valence-electron chi connectivity index (χ4n) is 3.18. The van der Waals surface area contributed by atoms with Gasteiger partial charge >= 0.3 is 0 Å². The zero-order valence-corrected chi connectivity index (χ0v) is 16.5. The molecule has 0 saturated heterocycles. The van der Waals surface area contributed by atoms with Gasteiger partial charge in [0.2, 0.25) is 5.91 Å². The van der Waals surface area contributed by atoms with E-state index in [4.69, 9.17) is 4.74 Å². The van der Waals surface area contributed by atoms with E-state index in [1.54, 1.807) is 43.5 Å². The van der Waals surface area contributed by atoms with E-state index in [9.17, 15) is 18.0 Å². The zero-order chi connectivity index (χ0) is 20.3. The molecule has 2 amide bonds. The second-order valence-electron chi connectivity index (χ2n) is 6.74. The molecule has 28 heavy (non-hydrogen) atoms. The molecule has 148 valence electrons. The van der Waals surface area contributed by atoms with E-state index >= 15 is 0 Å². The molecule has 0 radical (unpaired) electrons. The molecule has 1 aliphatic heterocycles. The predicted molar refractivity (Wildman–Crippen MR) is 106 cm³/mol. The minimum atomic E-state index is -3.28. The molecule has 8 heteroatoms. The number of carbonyl (C=O) groups is 2. The van der Waals surface area contributed by atoms with Gasteiger partial charge in [0.15, 0.2) is 0 Å². The number of sulfone groups is 1. The summed E-state index contributed by atoms with van der Waals surface area (Å²) in [5.41, 5.74) is 1.91. The Morgan fingerprint density at radius 1 is 1.18 bits per heavy atom. The minimum Gasteiger partial charge on any atom is -0.497 e. The minimum absolute atomic E-state index is 0.0283. The molecule has 2 aromatic rings. The number of fused-ring (bicyclic) bond motifs is 1. The lowest BCUT2D eigenvalue weighted by Gasteiger charge is -2.26. The smallest absolute Gasteiger partial charge is 0.255 e. The van der Waals surface area contributed by atoms with E-state index in [1.165, 1.54) is 4.90 Å². The van der Waals surface area contributed by atoms with E-state index < -0.39 is 21.8 Å². The van der Waals surface area contributed by atoms with E-state index in [0.717, 1.165) is 11.8 Å². The van der Waals surface area contributed by atoms with Gasteiger partial charge < -0.3 is 15.0 Å². The first-order valence-electron chi connectivity index (χ1n) is 8.80. The summed E-state index contributed by atoms with van der Waals surface area (Å²) in [4.78, 5) is 27.2. The van der Waals surface area contributed by atoms with Crippen molar-refractivity contribution in [3.05, 3.63) is 59.7 Å². The number of nitrogens with zero attached hydrogens (tertiary/aromatic N) is 1. The number of benzene rings is 2. The molecular formula is C20H22N2O5S. The number of methoxy groups -OCH3 is 1. The molecule has 2 aromatic carbocycles. The maximum atomic E-state index is 12.9. The van der Waals surface area contributed by atoms with Gasteiger partial charge in [0, 0.05) is 24.1 Å². The predicted octanol–water partition coefficient (Wildman–Crippen LogP) is 2.09. The van der Waals surface area contributed by atoms with Crippen LogP contribution < -0.4 is 10.1 Å². The van der Waals surface area contributed by atoms with Crippen molar-refractivity contribution >= 4 is 27.3 Å². The third-order valence-electron chi connectivity index (χ3n) is 4.65. The van der Waals surface area contributed by atoms with Gasteiger partial charge in [-0.25, -0.2) is 8.42 Å². The highest BCUT2D eigenvalue weighted by atomic mass is 32.2. The highest BCUT2D eigenvalue weighted by molar-refractivity contribution is 7.90. The number of hydrogen-bond donors (Lipinski definition) is 1. The van der Waals surface area contributed by atoms with Crippen molar-refractivity contribution in [1.29, 1.82) is 0 Å². The summed E-state index contributed by atoms with van der Waals surface area (Å²) < 4.78 is 28.4. The van der Waals surface area contributed by atoms with Crippen LogP contribution in [-0.2, 0) is 21.2 Å². The molecule has 0 fully saturated rings. The maximum Gasteiger partial charge on any atom is 0.255 e. The first-order chi connectivity index (χ1) is 13.3. The molecule has 0 saturated carbocycles. The number of carbonyl (C=O) groups excluding carboxylic acids is 2. The molecule has 1 N–H and O–H groups in total. The standard InChI is InChI=1S/C20H22N2O5S/c1-27-16-9-7-15(8-10-16)21-19(23)18(11-12-28(2,25)26)22-13-14-5-3-4-6-17(14)20(22)24/h3-10,18H,11-13H2,1-2H3,(H,21,23)/t18-/m1/s1. The normalized spacial score (nSPS) is 14.5. The van der Waals surface area contributed by atoms with Gasteiger partial charge in [-0.2, -0.15) is 0 Å². The lowest BCUT2D eigenvalue weighted by molar-refractivity contribution is -0.120. The van der Waals surface area contributed by atoms with Crippen LogP contribution in [0.15, 0.2) is 48.5 Å². The first kappa shape index (κ1) is 19.9. The molecule has 1 heterocycles. The van der Waals surface area contributed by atoms with Crippen molar-refractivity contribution in [3.63, 3.8) is 0 Å². The summed E-state index contributed by atoms with van der Waals surface area (Å²) in [6, 6.07) is 13.0. The first-order valence-corrected chi connectivity index (χ1v) is 10.9. The number of rotatable bonds is 7. The van der Waals surface area contributed by atoms with Gasteiger partial charge in [0.05, 0.1) is 12.9 Å². The number of ether oxygens (including phenoxy) is 1. The number of nitrogens with one attached hydrogen (secondary N) is 1. The van der Waals surface area contributed by atoms with Crippen LogP contribution in [0.3, 0.4) is 0 Å². The van der Waals surface area contributed by atoms with Gasteiger partial charge in [-0.15, -0.1) is 0 Å². The van der Waals surface area contributed by atoms with Crippen LogP contribution >= 0.6 is 0 Å². The molecular weight excluding hydrogens is 380 g/mol. The van der Waals surface area contributed by atoms with Gasteiger partial charge in [-0.3, -0.25) is 9.59 Å². The number of amides is 2. The van der Waals surface area contributed by atoms with Gasteiger partial charge in [-0.1, -0.05) is 18.2 Å². The molecule has 3 rings (SSSR count). The fraction of sp³-hybridized carbons (Fsp3) is 0.300. The fourth-order valence-corrected chi connectivity index (χ4v) is 3.83. The van der Waals surface area contributed by atoms with Crippen molar-refractivity contribution in [2.24, 2.45) is 0 Å². The molecule has 0 aromatic heterocycles. The van der Waals surface area contributed by atoms with Crippen molar-refractivity contribution in [1.82, 2.24) is 4.90 Å². The van der Waals surface area contributed by atoms with Gasteiger partial charge in [0.25, 0.3) is 5.91 Å². The Balaban J connectivity index is 1.82. The Kier molecular flexibility index (Phi) is 5.69. The van der Waals surface area contributed by atoms with Crippen LogP contribution in [0.4, 0.5) is 5.69 Å². The third kappa shape index (κ3) is 4.51. The van der Waals surface area contributed by atoms with Crippen LogP contribution in [0.1, 0.15) is 22.3 Å². The second kappa shape index (κ2) is 8.02. The Bertz CT molecular complexity index is 986. The largest absolute Gasteiger partial charge is 0.497 e.